The van der Waals surface area contributed by atoms with Gasteiger partial charge in [-0.3, -0.25) is 0 Å². The molecule has 2 aromatic heterocycles. The minimum Gasteiger partial charge on any atom is -0.493 e. The van der Waals surface area contributed by atoms with Crippen LogP contribution in [-0.4, -0.2) is 30.9 Å². The van der Waals surface area contributed by atoms with Crippen molar-refractivity contribution in [1.82, 2.24) is 9.61 Å². The van der Waals surface area contributed by atoms with Gasteiger partial charge in [0, 0.05) is 16.3 Å². The molecule has 2 heterocycles. The predicted octanol–water partition coefficient (Wildman–Crippen LogP) is 4.74. The molecule has 4 rings (SSSR count). The topological polar surface area (TPSA) is 45.0 Å². The van der Waals surface area contributed by atoms with E-state index < -0.39 is 0 Å². The van der Waals surface area contributed by atoms with E-state index in [2.05, 4.69) is 30.2 Å². The fourth-order valence-electron chi connectivity index (χ4n) is 3.64. The van der Waals surface area contributed by atoms with Gasteiger partial charge in [-0.2, -0.15) is 5.10 Å². The second kappa shape index (κ2) is 6.83. The monoisotopic (exact) mass is 362 g/mol. The van der Waals surface area contributed by atoms with Crippen molar-refractivity contribution in [2.45, 2.75) is 13.3 Å². The van der Waals surface area contributed by atoms with E-state index in [1.807, 2.05) is 35.0 Å². The molecule has 0 aliphatic heterocycles. The lowest BCUT2D eigenvalue weighted by Crippen LogP contribution is -2.00. The van der Waals surface area contributed by atoms with Crippen LogP contribution < -0.4 is 14.2 Å². The number of fused-ring (bicyclic) bond motifs is 3. The third-order valence-electron chi connectivity index (χ3n) is 4.93. The molecule has 0 aliphatic carbocycles. The summed E-state index contributed by atoms with van der Waals surface area (Å²) in [5, 5.41) is 6.67. The number of hydrogen-bond donors (Lipinski definition) is 0. The molecule has 0 unspecified atom stereocenters. The van der Waals surface area contributed by atoms with Gasteiger partial charge in [0.2, 0.25) is 5.75 Å². The highest BCUT2D eigenvalue weighted by Gasteiger charge is 2.21. The summed E-state index contributed by atoms with van der Waals surface area (Å²) in [6.45, 7) is 2.13. The molecular weight excluding hydrogens is 340 g/mol. The molecule has 0 saturated heterocycles. The van der Waals surface area contributed by atoms with Crippen LogP contribution in [0.3, 0.4) is 0 Å². The highest BCUT2D eigenvalue weighted by molar-refractivity contribution is 6.05. The average molecular weight is 362 g/mol. The number of aromatic nitrogens is 2. The van der Waals surface area contributed by atoms with E-state index in [4.69, 9.17) is 14.2 Å². The van der Waals surface area contributed by atoms with Crippen LogP contribution in [0.2, 0.25) is 0 Å². The summed E-state index contributed by atoms with van der Waals surface area (Å²) < 4.78 is 18.9. The van der Waals surface area contributed by atoms with Crippen LogP contribution in [-0.2, 0) is 6.42 Å². The van der Waals surface area contributed by atoms with Gasteiger partial charge in [-0.1, -0.05) is 37.3 Å². The summed E-state index contributed by atoms with van der Waals surface area (Å²) in [6.07, 6.45) is 2.82. The van der Waals surface area contributed by atoms with Crippen molar-refractivity contribution in [2.24, 2.45) is 0 Å². The number of nitrogens with zero attached hydrogens (tertiary/aromatic N) is 2. The first-order valence-corrected chi connectivity index (χ1v) is 8.91. The SMILES string of the molecule is CCc1cnn2c(-c3ccccc3)cc3c(OC)c(OC)c(OC)cc3c12. The van der Waals surface area contributed by atoms with E-state index in [1.54, 1.807) is 21.3 Å². The minimum atomic E-state index is 0.591. The fourth-order valence-corrected chi connectivity index (χ4v) is 3.64. The van der Waals surface area contributed by atoms with Crippen LogP contribution in [0.5, 0.6) is 17.2 Å². The Morgan fingerprint density at radius 3 is 2.26 bits per heavy atom. The summed E-state index contributed by atoms with van der Waals surface area (Å²) >= 11 is 0. The third-order valence-corrected chi connectivity index (χ3v) is 4.93. The standard InChI is InChI=1S/C22H22N2O3/c1-5-14-13-23-24-18(15-9-7-6-8-10-15)11-17-16(20(14)24)12-19(25-2)22(27-4)21(17)26-3/h6-13H,5H2,1-4H3. The van der Waals surface area contributed by atoms with E-state index in [-0.39, 0.29) is 0 Å². The molecule has 0 N–H and O–H groups in total. The van der Waals surface area contributed by atoms with Crippen LogP contribution >= 0.6 is 0 Å². The Morgan fingerprint density at radius 2 is 1.63 bits per heavy atom. The number of pyridine rings is 1. The third kappa shape index (κ3) is 2.58. The molecule has 0 saturated carbocycles. The Hall–Kier alpha value is -3.21. The molecule has 0 amide bonds. The predicted molar refractivity (Wildman–Crippen MR) is 107 cm³/mol. The Morgan fingerprint density at radius 1 is 0.889 bits per heavy atom. The largest absolute Gasteiger partial charge is 0.493 e. The van der Waals surface area contributed by atoms with Crippen LogP contribution in [0.25, 0.3) is 27.5 Å². The maximum Gasteiger partial charge on any atom is 0.203 e. The Bertz CT molecular complexity index is 1120. The Balaban J connectivity index is 2.22. The molecule has 0 bridgehead atoms. The first-order valence-electron chi connectivity index (χ1n) is 8.91. The highest BCUT2D eigenvalue weighted by Crippen LogP contribution is 2.46. The van der Waals surface area contributed by atoms with E-state index in [0.717, 1.165) is 34.0 Å². The first kappa shape index (κ1) is 17.2. The average Bonchev–Trinajstić information content (AvgIpc) is 3.16. The summed E-state index contributed by atoms with van der Waals surface area (Å²) in [5.74, 6) is 1.89. The normalized spacial score (nSPS) is 11.1. The number of rotatable bonds is 5. The quantitative estimate of drug-likeness (QED) is 0.514. The van der Waals surface area contributed by atoms with Crippen LogP contribution in [0.4, 0.5) is 0 Å². The van der Waals surface area contributed by atoms with Gasteiger partial charge in [-0.15, -0.1) is 0 Å². The molecule has 27 heavy (non-hydrogen) atoms. The lowest BCUT2D eigenvalue weighted by molar-refractivity contribution is 0.327. The fraction of sp³-hybridized carbons (Fsp3) is 0.227. The van der Waals surface area contributed by atoms with Crippen LogP contribution in [0.15, 0.2) is 48.7 Å². The summed E-state index contributed by atoms with van der Waals surface area (Å²) in [6, 6.07) is 14.3. The van der Waals surface area contributed by atoms with Crippen molar-refractivity contribution < 1.29 is 14.2 Å². The van der Waals surface area contributed by atoms with E-state index in [9.17, 15) is 0 Å². The van der Waals surface area contributed by atoms with E-state index in [1.165, 1.54) is 5.56 Å². The van der Waals surface area contributed by atoms with E-state index >= 15 is 0 Å². The summed E-state index contributed by atoms with van der Waals surface area (Å²) in [5.41, 5.74) is 4.33. The molecule has 2 aromatic carbocycles. The Kier molecular flexibility index (Phi) is 4.36. The van der Waals surface area contributed by atoms with Crippen LogP contribution in [0, 0.1) is 0 Å². The molecule has 4 aromatic rings. The minimum absolute atomic E-state index is 0.591. The van der Waals surface area contributed by atoms with Gasteiger partial charge in [0.15, 0.2) is 11.5 Å². The number of benzene rings is 2. The second-order valence-electron chi connectivity index (χ2n) is 6.29. The zero-order chi connectivity index (χ0) is 19.0. The van der Waals surface area contributed by atoms with Crippen molar-refractivity contribution in [3.8, 4) is 28.5 Å². The molecule has 5 heteroatoms. The lowest BCUT2D eigenvalue weighted by atomic mass is 10.0. The molecule has 138 valence electrons. The Labute approximate surface area is 158 Å². The summed E-state index contributed by atoms with van der Waals surface area (Å²) in [4.78, 5) is 0. The van der Waals surface area contributed by atoms with Crippen molar-refractivity contribution in [2.75, 3.05) is 21.3 Å². The smallest absolute Gasteiger partial charge is 0.203 e. The highest BCUT2D eigenvalue weighted by atomic mass is 16.5. The molecule has 0 fully saturated rings. The van der Waals surface area contributed by atoms with Gasteiger partial charge in [0.25, 0.3) is 0 Å². The van der Waals surface area contributed by atoms with Gasteiger partial charge < -0.3 is 14.2 Å². The van der Waals surface area contributed by atoms with Gasteiger partial charge in [0.05, 0.1) is 38.7 Å². The number of aryl methyl sites for hydroxylation is 1. The van der Waals surface area contributed by atoms with Crippen molar-refractivity contribution in [3.63, 3.8) is 0 Å². The number of hydrogen-bond acceptors (Lipinski definition) is 4. The van der Waals surface area contributed by atoms with Crippen molar-refractivity contribution in [3.05, 3.63) is 54.2 Å². The zero-order valence-corrected chi connectivity index (χ0v) is 15.9. The molecule has 0 aliphatic rings. The molecule has 0 radical (unpaired) electrons. The first-order chi connectivity index (χ1) is 13.2. The zero-order valence-electron chi connectivity index (χ0n) is 15.9. The number of ether oxygens (including phenoxy) is 3. The van der Waals surface area contributed by atoms with Gasteiger partial charge in [-0.05, 0) is 24.1 Å². The lowest BCUT2D eigenvalue weighted by Gasteiger charge is -2.17. The maximum atomic E-state index is 5.75. The second-order valence-corrected chi connectivity index (χ2v) is 6.29. The molecule has 0 spiro atoms. The van der Waals surface area contributed by atoms with Crippen molar-refractivity contribution in [1.29, 1.82) is 0 Å². The number of methoxy groups -OCH3 is 3. The summed E-state index contributed by atoms with van der Waals surface area (Å²) in [7, 11) is 4.91. The molecule has 0 atom stereocenters. The molecule has 5 nitrogen and oxygen atoms in total. The molecular formula is C22H22N2O3. The van der Waals surface area contributed by atoms with Gasteiger partial charge in [0.1, 0.15) is 0 Å². The van der Waals surface area contributed by atoms with Gasteiger partial charge in [-0.25, -0.2) is 4.52 Å². The van der Waals surface area contributed by atoms with E-state index in [0.29, 0.717) is 17.2 Å². The van der Waals surface area contributed by atoms with Crippen molar-refractivity contribution >= 4 is 16.3 Å². The van der Waals surface area contributed by atoms with Crippen LogP contribution in [0.1, 0.15) is 12.5 Å². The maximum absolute atomic E-state index is 5.75. The van der Waals surface area contributed by atoms with Gasteiger partial charge >= 0.3 is 0 Å².